The van der Waals surface area contributed by atoms with Crippen LogP contribution in [0.15, 0.2) is 24.3 Å². The van der Waals surface area contributed by atoms with Crippen molar-refractivity contribution in [2.45, 2.75) is 13.8 Å². The first kappa shape index (κ1) is 11.2. The molecule has 0 bridgehead atoms. The summed E-state index contributed by atoms with van der Waals surface area (Å²) >= 11 is 0. The lowest BCUT2D eigenvalue weighted by molar-refractivity contribution is 0.102. The molecule has 17 heavy (non-hydrogen) atoms. The zero-order chi connectivity index (χ0) is 12.4. The number of carbonyl (C=O) groups is 1. The summed E-state index contributed by atoms with van der Waals surface area (Å²) in [5, 5.41) is 18.8. The quantitative estimate of drug-likeness (QED) is 0.739. The van der Waals surface area contributed by atoms with E-state index in [1.807, 2.05) is 13.8 Å². The van der Waals surface area contributed by atoms with Crippen LogP contribution in [0.25, 0.3) is 0 Å². The summed E-state index contributed by atoms with van der Waals surface area (Å²) in [5.74, 6) is -0.202. The van der Waals surface area contributed by atoms with Gasteiger partial charge in [-0.1, -0.05) is 6.07 Å². The number of amides is 1. The summed E-state index contributed by atoms with van der Waals surface area (Å²) in [6, 6.07) is 6.20. The molecule has 0 fully saturated rings. The highest BCUT2D eigenvalue weighted by atomic mass is 16.3. The number of aromatic nitrogens is 2. The average Bonchev–Trinajstić information content (AvgIpc) is 2.61. The van der Waals surface area contributed by atoms with E-state index in [4.69, 9.17) is 0 Å². The van der Waals surface area contributed by atoms with Crippen LogP contribution in [0.3, 0.4) is 0 Å². The molecule has 0 saturated heterocycles. The molecular formula is C12H13N3O2. The molecule has 2 aromatic rings. The van der Waals surface area contributed by atoms with Gasteiger partial charge in [0.15, 0.2) is 0 Å². The van der Waals surface area contributed by atoms with E-state index in [9.17, 15) is 9.90 Å². The normalized spacial score (nSPS) is 10.2. The van der Waals surface area contributed by atoms with Gasteiger partial charge in [0.1, 0.15) is 5.75 Å². The van der Waals surface area contributed by atoms with Crippen molar-refractivity contribution in [3.8, 4) is 5.75 Å². The zero-order valence-corrected chi connectivity index (χ0v) is 9.61. The van der Waals surface area contributed by atoms with E-state index in [1.165, 1.54) is 12.1 Å². The lowest BCUT2D eigenvalue weighted by atomic mass is 10.2. The first-order chi connectivity index (χ1) is 8.08. The van der Waals surface area contributed by atoms with Crippen LogP contribution in [-0.2, 0) is 0 Å². The summed E-state index contributed by atoms with van der Waals surface area (Å²) in [7, 11) is 0. The number of rotatable bonds is 2. The fourth-order valence-electron chi connectivity index (χ4n) is 1.57. The van der Waals surface area contributed by atoms with Gasteiger partial charge in [0.25, 0.3) is 5.91 Å². The number of phenols is 1. The fourth-order valence-corrected chi connectivity index (χ4v) is 1.57. The monoisotopic (exact) mass is 231 g/mol. The number of anilines is 1. The van der Waals surface area contributed by atoms with Crippen molar-refractivity contribution in [3.05, 3.63) is 41.2 Å². The van der Waals surface area contributed by atoms with Gasteiger partial charge in [-0.15, -0.1) is 0 Å². The highest BCUT2D eigenvalue weighted by Gasteiger charge is 2.11. The van der Waals surface area contributed by atoms with Crippen LogP contribution in [0.2, 0.25) is 0 Å². The molecule has 0 saturated carbocycles. The Morgan fingerprint density at radius 1 is 1.41 bits per heavy atom. The van der Waals surface area contributed by atoms with Gasteiger partial charge in [-0.3, -0.25) is 9.89 Å². The molecule has 0 aliphatic carbocycles. The van der Waals surface area contributed by atoms with Gasteiger partial charge in [0.2, 0.25) is 0 Å². The van der Waals surface area contributed by atoms with Crippen molar-refractivity contribution < 1.29 is 9.90 Å². The summed E-state index contributed by atoms with van der Waals surface area (Å²) in [5.41, 5.74) is 2.62. The number of benzene rings is 1. The maximum Gasteiger partial charge on any atom is 0.255 e. The third-order valence-corrected chi connectivity index (χ3v) is 2.47. The Bertz CT molecular complexity index is 541. The lowest BCUT2D eigenvalue weighted by Crippen LogP contribution is -2.12. The molecule has 5 nitrogen and oxygen atoms in total. The number of hydrogen-bond donors (Lipinski definition) is 3. The van der Waals surface area contributed by atoms with E-state index in [0.29, 0.717) is 11.3 Å². The minimum atomic E-state index is -0.270. The third kappa shape index (κ3) is 2.28. The van der Waals surface area contributed by atoms with Crippen LogP contribution in [0.5, 0.6) is 5.75 Å². The number of carbonyl (C=O) groups excluding carboxylic acids is 1. The van der Waals surface area contributed by atoms with Crippen molar-refractivity contribution in [1.29, 1.82) is 0 Å². The molecule has 5 heteroatoms. The molecule has 0 atom stereocenters. The molecule has 3 N–H and O–H groups in total. The van der Waals surface area contributed by atoms with Crippen LogP contribution in [0, 0.1) is 13.8 Å². The Morgan fingerprint density at radius 2 is 2.18 bits per heavy atom. The second-order valence-corrected chi connectivity index (χ2v) is 3.81. The van der Waals surface area contributed by atoms with Crippen LogP contribution in [-0.4, -0.2) is 21.2 Å². The van der Waals surface area contributed by atoms with Crippen molar-refractivity contribution in [3.63, 3.8) is 0 Å². The SMILES string of the molecule is Cc1n[nH]c(C)c1NC(=O)c1cccc(O)c1. The number of hydrogen-bond acceptors (Lipinski definition) is 3. The number of aromatic hydroxyl groups is 1. The molecule has 1 aromatic heterocycles. The molecule has 0 spiro atoms. The van der Waals surface area contributed by atoms with Gasteiger partial charge in [0, 0.05) is 5.56 Å². The molecule has 1 heterocycles. The molecule has 0 radical (unpaired) electrons. The highest BCUT2D eigenvalue weighted by Crippen LogP contribution is 2.18. The lowest BCUT2D eigenvalue weighted by Gasteiger charge is -2.05. The molecule has 88 valence electrons. The van der Waals surface area contributed by atoms with Crippen LogP contribution < -0.4 is 5.32 Å². The number of phenolic OH excluding ortho intramolecular Hbond substituents is 1. The minimum absolute atomic E-state index is 0.0679. The topological polar surface area (TPSA) is 78.0 Å². The predicted octanol–water partition coefficient (Wildman–Crippen LogP) is 1.98. The van der Waals surface area contributed by atoms with Gasteiger partial charge >= 0.3 is 0 Å². The van der Waals surface area contributed by atoms with E-state index < -0.39 is 0 Å². The van der Waals surface area contributed by atoms with Crippen molar-refractivity contribution in [1.82, 2.24) is 10.2 Å². The molecule has 0 unspecified atom stereocenters. The van der Waals surface area contributed by atoms with Crippen LogP contribution in [0.1, 0.15) is 21.7 Å². The molecular weight excluding hydrogens is 218 g/mol. The smallest absolute Gasteiger partial charge is 0.255 e. The second-order valence-electron chi connectivity index (χ2n) is 3.81. The maximum atomic E-state index is 11.9. The average molecular weight is 231 g/mol. The number of aryl methyl sites for hydroxylation is 2. The highest BCUT2D eigenvalue weighted by molar-refractivity contribution is 6.05. The second kappa shape index (κ2) is 4.29. The van der Waals surface area contributed by atoms with Gasteiger partial charge in [0.05, 0.1) is 17.1 Å². The molecule has 2 rings (SSSR count). The Balaban J connectivity index is 2.23. The fraction of sp³-hybridized carbons (Fsp3) is 0.167. The predicted molar refractivity (Wildman–Crippen MR) is 64.1 cm³/mol. The van der Waals surface area contributed by atoms with Gasteiger partial charge in [-0.05, 0) is 32.0 Å². The molecule has 1 aromatic carbocycles. The number of nitrogens with one attached hydrogen (secondary N) is 2. The molecule has 1 amide bonds. The Labute approximate surface area is 98.5 Å². The van der Waals surface area contributed by atoms with Gasteiger partial charge in [-0.2, -0.15) is 5.10 Å². The largest absolute Gasteiger partial charge is 0.508 e. The third-order valence-electron chi connectivity index (χ3n) is 2.47. The van der Waals surface area contributed by atoms with Crippen LogP contribution >= 0.6 is 0 Å². The first-order valence-electron chi connectivity index (χ1n) is 5.20. The summed E-state index contributed by atoms with van der Waals surface area (Å²) in [6.07, 6.45) is 0. The van der Waals surface area contributed by atoms with E-state index in [-0.39, 0.29) is 11.7 Å². The van der Waals surface area contributed by atoms with Crippen LogP contribution in [0.4, 0.5) is 5.69 Å². The number of H-pyrrole nitrogens is 1. The number of nitrogens with zero attached hydrogens (tertiary/aromatic N) is 1. The zero-order valence-electron chi connectivity index (χ0n) is 9.61. The van der Waals surface area contributed by atoms with E-state index >= 15 is 0 Å². The van der Waals surface area contributed by atoms with Crippen molar-refractivity contribution >= 4 is 11.6 Å². The maximum absolute atomic E-state index is 11.9. The number of aromatic amines is 1. The summed E-state index contributed by atoms with van der Waals surface area (Å²) in [6.45, 7) is 3.64. The van der Waals surface area contributed by atoms with Crippen molar-refractivity contribution in [2.75, 3.05) is 5.32 Å². The van der Waals surface area contributed by atoms with E-state index in [2.05, 4.69) is 15.5 Å². The van der Waals surface area contributed by atoms with Gasteiger partial charge < -0.3 is 10.4 Å². The van der Waals surface area contributed by atoms with E-state index in [1.54, 1.807) is 12.1 Å². The molecule has 0 aliphatic rings. The van der Waals surface area contributed by atoms with Crippen molar-refractivity contribution in [2.24, 2.45) is 0 Å². The summed E-state index contributed by atoms with van der Waals surface area (Å²) in [4.78, 5) is 11.9. The first-order valence-corrected chi connectivity index (χ1v) is 5.20. The summed E-state index contributed by atoms with van der Waals surface area (Å²) < 4.78 is 0. The Morgan fingerprint density at radius 3 is 2.76 bits per heavy atom. The van der Waals surface area contributed by atoms with Gasteiger partial charge in [-0.25, -0.2) is 0 Å². The standard InChI is InChI=1S/C12H13N3O2/c1-7-11(8(2)15-14-7)13-12(17)9-4-3-5-10(16)6-9/h3-6,16H,1-2H3,(H,13,17)(H,14,15). The Kier molecular flexibility index (Phi) is 2.82. The molecule has 0 aliphatic heterocycles. The minimum Gasteiger partial charge on any atom is -0.508 e. The Hall–Kier alpha value is -2.30. The van der Waals surface area contributed by atoms with E-state index in [0.717, 1.165) is 11.4 Å².